The molecule has 5 heteroatoms. The first-order valence-corrected chi connectivity index (χ1v) is 5.69. The highest BCUT2D eigenvalue weighted by molar-refractivity contribution is 8.22. The molecular weight excluding hydrogens is 214 g/mol. The summed E-state index contributed by atoms with van der Waals surface area (Å²) in [5.74, 6) is 0. The summed E-state index contributed by atoms with van der Waals surface area (Å²) in [5, 5.41) is 3.09. The molecule has 0 bridgehead atoms. The molecule has 0 aromatic rings. The molecule has 11 heavy (non-hydrogen) atoms. The Morgan fingerprint density at radius 1 is 1.55 bits per heavy atom. The van der Waals surface area contributed by atoms with Gasteiger partial charge in [-0.1, -0.05) is 24.4 Å². The van der Waals surface area contributed by atoms with Gasteiger partial charge in [-0.25, -0.2) is 0 Å². The van der Waals surface area contributed by atoms with E-state index >= 15 is 0 Å². The van der Waals surface area contributed by atoms with Gasteiger partial charge in [0.2, 0.25) is 0 Å². The van der Waals surface area contributed by atoms with Crippen molar-refractivity contribution in [3.63, 3.8) is 0 Å². The van der Waals surface area contributed by atoms with Crippen LogP contribution in [0.3, 0.4) is 0 Å². The SMILES string of the molecule is CSC(=S)NCCCC(=S)S. The lowest BCUT2D eigenvalue weighted by Gasteiger charge is -2.03. The van der Waals surface area contributed by atoms with Crippen LogP contribution in [0.5, 0.6) is 0 Å². The van der Waals surface area contributed by atoms with Gasteiger partial charge >= 0.3 is 0 Å². The second-order valence-corrected chi connectivity index (χ2v) is 4.73. The smallest absolute Gasteiger partial charge is 0.133 e. The van der Waals surface area contributed by atoms with Gasteiger partial charge in [0.15, 0.2) is 0 Å². The monoisotopic (exact) mass is 225 g/mol. The third-order valence-electron chi connectivity index (χ3n) is 1.02. The van der Waals surface area contributed by atoms with Crippen molar-refractivity contribution in [2.24, 2.45) is 0 Å². The fourth-order valence-corrected chi connectivity index (χ4v) is 1.15. The molecule has 0 atom stereocenters. The minimum absolute atomic E-state index is 0.766. The summed E-state index contributed by atoms with van der Waals surface area (Å²) in [7, 11) is 0. The van der Waals surface area contributed by atoms with Crippen molar-refractivity contribution in [2.75, 3.05) is 12.8 Å². The Kier molecular flexibility index (Phi) is 7.79. The van der Waals surface area contributed by atoms with E-state index < -0.39 is 0 Å². The van der Waals surface area contributed by atoms with Crippen LogP contribution < -0.4 is 5.32 Å². The number of hydrogen-bond donors (Lipinski definition) is 2. The van der Waals surface area contributed by atoms with Crippen molar-refractivity contribution in [1.82, 2.24) is 5.32 Å². The Morgan fingerprint density at radius 3 is 2.64 bits per heavy atom. The van der Waals surface area contributed by atoms with Crippen LogP contribution in [-0.4, -0.2) is 21.3 Å². The Bertz CT molecular complexity index is 146. The minimum Gasteiger partial charge on any atom is -0.371 e. The minimum atomic E-state index is 0.766. The van der Waals surface area contributed by atoms with Crippen LogP contribution in [0.25, 0.3) is 0 Å². The normalized spacial score (nSPS) is 9.27. The summed E-state index contributed by atoms with van der Waals surface area (Å²) < 4.78 is 1.61. The molecule has 0 radical (unpaired) electrons. The molecule has 0 rings (SSSR count). The number of rotatable bonds is 4. The summed E-state index contributed by atoms with van der Waals surface area (Å²) in [6, 6.07) is 0. The Hall–Kier alpha value is 0.680. The van der Waals surface area contributed by atoms with E-state index in [1.807, 2.05) is 6.26 Å². The molecule has 64 valence electrons. The van der Waals surface area contributed by atoms with Crippen molar-refractivity contribution in [2.45, 2.75) is 12.8 Å². The zero-order valence-corrected chi connectivity index (χ0v) is 9.64. The predicted molar refractivity (Wildman–Crippen MR) is 64.9 cm³/mol. The Morgan fingerprint density at radius 2 is 2.18 bits per heavy atom. The van der Waals surface area contributed by atoms with Crippen LogP contribution >= 0.6 is 48.8 Å². The predicted octanol–water partition coefficient (Wildman–Crippen LogP) is 2.26. The van der Waals surface area contributed by atoms with E-state index in [9.17, 15) is 0 Å². The van der Waals surface area contributed by atoms with Crippen LogP contribution in [0.15, 0.2) is 0 Å². The highest BCUT2D eigenvalue weighted by Gasteiger charge is 1.92. The molecule has 0 spiro atoms. The van der Waals surface area contributed by atoms with Gasteiger partial charge in [-0.15, -0.1) is 24.4 Å². The molecule has 0 aromatic carbocycles. The number of thioether (sulfide) groups is 1. The van der Waals surface area contributed by atoms with Gasteiger partial charge in [0, 0.05) is 10.7 Å². The van der Waals surface area contributed by atoms with Crippen LogP contribution in [0, 0.1) is 0 Å². The van der Waals surface area contributed by atoms with E-state index in [1.54, 1.807) is 11.8 Å². The van der Waals surface area contributed by atoms with Gasteiger partial charge in [-0.3, -0.25) is 0 Å². The molecule has 0 aliphatic carbocycles. The third-order valence-corrected chi connectivity index (χ3v) is 2.61. The van der Waals surface area contributed by atoms with Crippen molar-refractivity contribution in [1.29, 1.82) is 0 Å². The third kappa shape index (κ3) is 8.59. The standard InChI is InChI=1S/C6H11NS4/c1-11-6(10)7-4-2-3-5(8)9/h2-4H2,1H3,(H,7,10)(H,8,9). The summed E-state index contributed by atoms with van der Waals surface area (Å²) in [6.45, 7) is 0.889. The fraction of sp³-hybridized carbons (Fsp3) is 0.667. The summed E-state index contributed by atoms with van der Waals surface area (Å²) in [4.78, 5) is 0. The molecular formula is C6H11NS4. The van der Waals surface area contributed by atoms with Crippen molar-refractivity contribution >= 4 is 57.3 Å². The van der Waals surface area contributed by atoms with Crippen LogP contribution in [0.4, 0.5) is 0 Å². The Labute approximate surface area is 88.1 Å². The van der Waals surface area contributed by atoms with Crippen LogP contribution in [-0.2, 0) is 0 Å². The largest absolute Gasteiger partial charge is 0.371 e. The number of thiocarbonyl (C=S) groups is 2. The fourth-order valence-electron chi connectivity index (χ4n) is 0.502. The number of hydrogen-bond acceptors (Lipinski definition) is 3. The maximum absolute atomic E-state index is 4.93. The summed E-state index contributed by atoms with van der Waals surface area (Å²) in [6.07, 6.45) is 3.84. The van der Waals surface area contributed by atoms with E-state index in [0.29, 0.717) is 0 Å². The lowest BCUT2D eigenvalue weighted by molar-refractivity contribution is 0.823. The molecule has 0 aliphatic heterocycles. The molecule has 0 aliphatic rings. The van der Waals surface area contributed by atoms with Crippen molar-refractivity contribution in [3.8, 4) is 0 Å². The second kappa shape index (κ2) is 7.34. The van der Waals surface area contributed by atoms with Gasteiger partial charge in [-0.2, -0.15) is 0 Å². The van der Waals surface area contributed by atoms with E-state index in [2.05, 4.69) is 17.9 Å². The van der Waals surface area contributed by atoms with Crippen LogP contribution in [0.1, 0.15) is 12.8 Å². The average molecular weight is 225 g/mol. The van der Waals surface area contributed by atoms with Gasteiger partial charge in [0.1, 0.15) is 4.32 Å². The van der Waals surface area contributed by atoms with E-state index in [4.69, 9.17) is 24.4 Å². The first kappa shape index (κ1) is 11.7. The van der Waals surface area contributed by atoms with E-state index in [0.717, 1.165) is 27.9 Å². The number of nitrogens with one attached hydrogen (secondary N) is 1. The highest BCUT2D eigenvalue weighted by atomic mass is 32.2. The molecule has 0 saturated heterocycles. The van der Waals surface area contributed by atoms with Crippen molar-refractivity contribution in [3.05, 3.63) is 0 Å². The first-order chi connectivity index (χ1) is 5.16. The van der Waals surface area contributed by atoms with Crippen molar-refractivity contribution < 1.29 is 0 Å². The maximum atomic E-state index is 4.93. The zero-order chi connectivity index (χ0) is 8.69. The molecule has 0 amide bonds. The molecule has 1 nitrogen and oxygen atoms in total. The van der Waals surface area contributed by atoms with E-state index in [-0.39, 0.29) is 0 Å². The second-order valence-electron chi connectivity index (χ2n) is 1.92. The molecule has 0 unspecified atom stereocenters. The first-order valence-electron chi connectivity index (χ1n) is 3.20. The van der Waals surface area contributed by atoms with Crippen LogP contribution in [0.2, 0.25) is 0 Å². The molecule has 0 fully saturated rings. The number of thiol groups is 1. The lowest BCUT2D eigenvalue weighted by atomic mass is 10.3. The summed E-state index contributed by atoms with van der Waals surface area (Å²) >= 11 is 15.3. The van der Waals surface area contributed by atoms with E-state index in [1.165, 1.54) is 0 Å². The zero-order valence-electron chi connectivity index (χ0n) is 6.29. The Balaban J connectivity index is 3.14. The highest BCUT2D eigenvalue weighted by Crippen LogP contribution is 1.97. The maximum Gasteiger partial charge on any atom is 0.133 e. The molecule has 0 heterocycles. The lowest BCUT2D eigenvalue weighted by Crippen LogP contribution is -2.19. The quantitative estimate of drug-likeness (QED) is 0.432. The van der Waals surface area contributed by atoms with Gasteiger partial charge in [0.05, 0.1) is 0 Å². The van der Waals surface area contributed by atoms with Gasteiger partial charge in [0.25, 0.3) is 0 Å². The molecule has 1 N–H and O–H groups in total. The van der Waals surface area contributed by atoms with Gasteiger partial charge < -0.3 is 5.32 Å². The summed E-state index contributed by atoms with van der Waals surface area (Å²) in [5.41, 5.74) is 0. The molecule has 0 saturated carbocycles. The van der Waals surface area contributed by atoms with Gasteiger partial charge in [-0.05, 0) is 19.1 Å². The average Bonchev–Trinajstić information content (AvgIpc) is 1.97. The molecule has 0 aromatic heterocycles. The topological polar surface area (TPSA) is 12.0 Å².